The molecule has 2 aliphatic heterocycles. The lowest BCUT2D eigenvalue weighted by Gasteiger charge is -2.17. The molecule has 4 atom stereocenters. The Morgan fingerprint density at radius 3 is 2.38 bits per heavy atom. The molecule has 8 nitrogen and oxygen atoms in total. The number of unbranched alkanes of at least 4 members (excludes halogenated alkanes) is 3. The Bertz CT molecular complexity index is 1260. The fourth-order valence-electron chi connectivity index (χ4n) is 4.24. The van der Waals surface area contributed by atoms with E-state index in [9.17, 15) is 4.79 Å². The molecule has 2 aromatic rings. The Kier molecular flexibility index (Phi) is 11.3. The van der Waals surface area contributed by atoms with Crippen molar-refractivity contribution in [1.82, 2.24) is 0 Å². The van der Waals surface area contributed by atoms with Crippen LogP contribution in [0.25, 0.3) is 0 Å². The van der Waals surface area contributed by atoms with Gasteiger partial charge < -0.3 is 23.7 Å². The van der Waals surface area contributed by atoms with Gasteiger partial charge in [0.15, 0.2) is 6.10 Å². The summed E-state index contributed by atoms with van der Waals surface area (Å²) in [6, 6.07) is 14.1. The number of carbonyl (C=O) groups is 1. The van der Waals surface area contributed by atoms with E-state index in [0.717, 1.165) is 24.3 Å². The summed E-state index contributed by atoms with van der Waals surface area (Å²) in [6.07, 6.45) is 10.3. The largest absolute Gasteiger partial charge is 0.494 e. The van der Waals surface area contributed by atoms with E-state index in [-0.39, 0.29) is 19.8 Å². The number of hydrogen-bond acceptors (Lipinski definition) is 8. The number of benzene rings is 2. The summed E-state index contributed by atoms with van der Waals surface area (Å²) in [7, 11) is 0. The number of rotatable bonds is 13. The van der Waals surface area contributed by atoms with Gasteiger partial charge in [0.2, 0.25) is 0 Å². The van der Waals surface area contributed by atoms with Crippen LogP contribution >= 0.6 is 0 Å². The van der Waals surface area contributed by atoms with Crippen molar-refractivity contribution in [2.75, 3.05) is 19.8 Å². The van der Waals surface area contributed by atoms with Crippen molar-refractivity contribution in [2.24, 2.45) is 0 Å². The van der Waals surface area contributed by atoms with Crippen molar-refractivity contribution in [3.8, 4) is 47.7 Å². The fraction of sp³-hybridized carbons (Fsp3) is 0.406. The van der Waals surface area contributed by atoms with Gasteiger partial charge in [-0.25, -0.2) is 14.6 Å². The quantitative estimate of drug-likeness (QED) is 0.120. The van der Waals surface area contributed by atoms with Crippen LogP contribution in [0.15, 0.2) is 48.5 Å². The van der Waals surface area contributed by atoms with E-state index >= 15 is 0 Å². The molecule has 0 bridgehead atoms. The molecule has 0 radical (unpaired) electrons. The lowest BCUT2D eigenvalue weighted by Crippen LogP contribution is -2.35. The molecule has 4 rings (SSSR count). The number of terminal acetylenes is 1. The molecular formula is C32H32O8. The van der Waals surface area contributed by atoms with Crippen molar-refractivity contribution in [2.45, 2.75) is 63.6 Å². The molecule has 2 aromatic carbocycles. The minimum Gasteiger partial charge on any atom is -0.494 e. The van der Waals surface area contributed by atoms with Crippen LogP contribution in [0.2, 0.25) is 0 Å². The second-order valence-electron chi connectivity index (χ2n) is 9.24. The molecule has 1 unspecified atom stereocenters. The van der Waals surface area contributed by atoms with E-state index in [1.54, 1.807) is 24.3 Å². The van der Waals surface area contributed by atoms with Gasteiger partial charge in [-0.15, -0.1) is 6.42 Å². The Morgan fingerprint density at radius 2 is 1.62 bits per heavy atom. The molecule has 2 aliphatic rings. The summed E-state index contributed by atoms with van der Waals surface area (Å²) in [6.45, 7) is 3.66. The average Bonchev–Trinajstić information content (AvgIpc) is 3.57. The lowest BCUT2D eigenvalue weighted by molar-refractivity contribution is -0.341. The molecule has 0 saturated carbocycles. The number of hydrogen-bond donors (Lipinski definition) is 0. The Hall–Kier alpha value is -3.97. The van der Waals surface area contributed by atoms with Gasteiger partial charge in [-0.3, -0.25) is 0 Å². The molecule has 8 heteroatoms. The van der Waals surface area contributed by atoms with Gasteiger partial charge in [-0.2, -0.15) is 0 Å². The zero-order valence-corrected chi connectivity index (χ0v) is 22.4. The second-order valence-corrected chi connectivity index (χ2v) is 9.24. The number of carbonyl (C=O) groups excluding carboxylic acids is 1. The monoisotopic (exact) mass is 544 g/mol. The Balaban J connectivity index is 1.17. The van der Waals surface area contributed by atoms with Crippen LogP contribution in [0.3, 0.4) is 0 Å². The highest BCUT2D eigenvalue weighted by atomic mass is 17.2. The predicted molar refractivity (Wildman–Crippen MR) is 146 cm³/mol. The van der Waals surface area contributed by atoms with Crippen LogP contribution in [-0.4, -0.2) is 50.2 Å². The highest BCUT2D eigenvalue weighted by Crippen LogP contribution is 2.31. The zero-order chi connectivity index (χ0) is 28.0. The average molecular weight is 545 g/mol. The lowest BCUT2D eigenvalue weighted by atomic mass is 10.1. The van der Waals surface area contributed by atoms with Gasteiger partial charge in [0.1, 0.15) is 42.5 Å². The molecule has 208 valence electrons. The zero-order valence-electron chi connectivity index (χ0n) is 22.4. The molecule has 40 heavy (non-hydrogen) atoms. The fourth-order valence-corrected chi connectivity index (χ4v) is 4.24. The normalized spacial score (nSPS) is 20.7. The maximum atomic E-state index is 12.7. The van der Waals surface area contributed by atoms with Crippen LogP contribution in [0.1, 0.15) is 48.5 Å². The van der Waals surface area contributed by atoms with Crippen molar-refractivity contribution in [1.29, 1.82) is 0 Å². The summed E-state index contributed by atoms with van der Waals surface area (Å²) in [5.74, 6) is 10.2. The number of esters is 1. The first-order chi connectivity index (χ1) is 19.7. The molecule has 0 aromatic heterocycles. The summed E-state index contributed by atoms with van der Waals surface area (Å²) in [4.78, 5) is 23.7. The molecule has 2 heterocycles. The number of fused-ring (bicyclic) bond motifs is 1. The third-order valence-corrected chi connectivity index (χ3v) is 6.34. The minimum atomic E-state index is -0.558. The first-order valence-electron chi connectivity index (χ1n) is 13.3. The predicted octanol–water partition coefficient (Wildman–Crippen LogP) is 4.46. The highest BCUT2D eigenvalue weighted by molar-refractivity contribution is 5.89. The van der Waals surface area contributed by atoms with Crippen LogP contribution < -0.4 is 9.47 Å². The maximum Gasteiger partial charge on any atom is 0.338 e. The summed E-state index contributed by atoms with van der Waals surface area (Å²) >= 11 is 0. The van der Waals surface area contributed by atoms with E-state index in [1.807, 2.05) is 24.3 Å². The van der Waals surface area contributed by atoms with Gasteiger partial charge in [-0.05, 0) is 60.2 Å². The Morgan fingerprint density at radius 1 is 0.900 bits per heavy atom. The molecule has 0 spiro atoms. The third-order valence-electron chi connectivity index (χ3n) is 6.34. The van der Waals surface area contributed by atoms with Gasteiger partial charge in [0, 0.05) is 11.8 Å². The van der Waals surface area contributed by atoms with Crippen LogP contribution in [-0.2, 0) is 30.6 Å². The standard InChI is InChI=1S/C32H32O8/c1-3-5-7-9-19-34-26-15-11-24(12-16-26)21-38-40-29-23-37-30-28(22-36-31(29)30)39-32(33)25-13-17-27(18-14-25)35-20-10-8-6-4-2/h2,11-18,28-31H,3,5,7,9,19,21-23H2,1H3/t28?,29-,30+,31+/m0/s1. The SMILES string of the molecule is C#CC#CC#COc1ccc(C(=O)OC2CO[C@@H]3[C@@H](OOCc4ccc(OCCCCCC)cc4)CO[C@H]23)cc1. The van der Waals surface area contributed by atoms with Crippen molar-refractivity contribution in [3.63, 3.8) is 0 Å². The summed E-state index contributed by atoms with van der Waals surface area (Å²) < 4.78 is 28.3. The van der Waals surface area contributed by atoms with E-state index in [1.165, 1.54) is 19.3 Å². The molecule has 2 fully saturated rings. The third kappa shape index (κ3) is 8.52. The summed E-state index contributed by atoms with van der Waals surface area (Å²) in [5.41, 5.74) is 1.31. The van der Waals surface area contributed by atoms with Gasteiger partial charge in [0.25, 0.3) is 0 Å². The van der Waals surface area contributed by atoms with E-state index in [4.69, 9.17) is 39.9 Å². The van der Waals surface area contributed by atoms with Crippen LogP contribution in [0.5, 0.6) is 11.5 Å². The van der Waals surface area contributed by atoms with Crippen LogP contribution in [0.4, 0.5) is 0 Å². The molecule has 0 aliphatic carbocycles. The van der Waals surface area contributed by atoms with E-state index in [2.05, 4.69) is 36.7 Å². The Labute approximate surface area is 235 Å². The highest BCUT2D eigenvalue weighted by Gasteiger charge is 2.50. The van der Waals surface area contributed by atoms with Gasteiger partial charge >= 0.3 is 5.97 Å². The molecule has 2 saturated heterocycles. The second kappa shape index (κ2) is 15.6. The minimum absolute atomic E-state index is 0.205. The molecular weight excluding hydrogens is 512 g/mol. The maximum absolute atomic E-state index is 12.7. The van der Waals surface area contributed by atoms with Gasteiger partial charge in [-0.1, -0.05) is 38.3 Å². The topological polar surface area (TPSA) is 81.7 Å². The van der Waals surface area contributed by atoms with Gasteiger partial charge in [0.05, 0.1) is 25.4 Å². The van der Waals surface area contributed by atoms with E-state index in [0.29, 0.717) is 11.3 Å². The van der Waals surface area contributed by atoms with Crippen LogP contribution in [0, 0.1) is 36.2 Å². The first-order valence-corrected chi connectivity index (χ1v) is 13.3. The van der Waals surface area contributed by atoms with Crippen molar-refractivity contribution < 1.29 is 38.3 Å². The molecule has 0 N–H and O–H groups in total. The number of ether oxygens (including phenoxy) is 5. The van der Waals surface area contributed by atoms with E-state index < -0.39 is 30.4 Å². The van der Waals surface area contributed by atoms with Crippen molar-refractivity contribution in [3.05, 3.63) is 59.7 Å². The van der Waals surface area contributed by atoms with Crippen molar-refractivity contribution >= 4 is 5.97 Å². The first kappa shape index (κ1) is 29.0. The summed E-state index contributed by atoms with van der Waals surface area (Å²) in [5, 5.41) is 0. The smallest absolute Gasteiger partial charge is 0.338 e. The molecule has 0 amide bonds.